The Hall–Kier alpha value is -2.36. The van der Waals surface area contributed by atoms with E-state index in [0.29, 0.717) is 0 Å². The second-order valence-electron chi connectivity index (χ2n) is 3.61. The maximum atomic E-state index is 11.1. The van der Waals surface area contributed by atoms with Gasteiger partial charge in [0, 0.05) is 23.2 Å². The summed E-state index contributed by atoms with van der Waals surface area (Å²) in [7, 11) is 0. The normalized spacial score (nSPS) is 10.8. The Bertz CT molecular complexity index is 632. The monoisotopic (exact) mass is 211 g/mol. The third-order valence-corrected chi connectivity index (χ3v) is 2.55. The summed E-state index contributed by atoms with van der Waals surface area (Å²) in [5.74, 6) is 0. The Kier molecular flexibility index (Phi) is 1.86. The number of benzene rings is 1. The smallest absolute Gasteiger partial charge is 0.188 e. The molecule has 4 heteroatoms. The number of fused-ring (bicyclic) bond motifs is 1. The molecule has 4 nitrogen and oxygen atoms in total. The number of aromatic amines is 1. The molecule has 3 aromatic rings. The van der Waals surface area contributed by atoms with Gasteiger partial charge in [0.1, 0.15) is 0 Å². The lowest BCUT2D eigenvalue weighted by molar-refractivity contribution is -0.603. The van der Waals surface area contributed by atoms with Crippen LogP contribution in [0.2, 0.25) is 0 Å². The predicted octanol–water partition coefficient (Wildman–Crippen LogP) is 1.86. The van der Waals surface area contributed by atoms with Gasteiger partial charge >= 0.3 is 0 Å². The number of nitrogens with one attached hydrogen (secondary N) is 1. The van der Waals surface area contributed by atoms with Gasteiger partial charge in [-0.25, -0.2) is 0 Å². The van der Waals surface area contributed by atoms with Crippen molar-refractivity contribution in [2.75, 3.05) is 0 Å². The minimum absolute atomic E-state index is 0.802. The van der Waals surface area contributed by atoms with E-state index in [9.17, 15) is 5.21 Å². The zero-order valence-corrected chi connectivity index (χ0v) is 8.42. The Morgan fingerprint density at radius 1 is 1.12 bits per heavy atom. The van der Waals surface area contributed by atoms with Crippen LogP contribution in [0.1, 0.15) is 0 Å². The maximum Gasteiger partial charge on any atom is 0.188 e. The van der Waals surface area contributed by atoms with Crippen molar-refractivity contribution in [3.63, 3.8) is 0 Å². The van der Waals surface area contributed by atoms with Crippen molar-refractivity contribution in [3.05, 3.63) is 54.1 Å². The first-order valence-corrected chi connectivity index (χ1v) is 4.96. The van der Waals surface area contributed by atoms with Gasteiger partial charge in [0.05, 0.1) is 5.69 Å². The molecule has 78 valence electrons. The Morgan fingerprint density at radius 3 is 2.88 bits per heavy atom. The second-order valence-corrected chi connectivity index (χ2v) is 3.61. The van der Waals surface area contributed by atoms with Gasteiger partial charge in [-0.1, -0.05) is 6.07 Å². The molecule has 2 heterocycles. The van der Waals surface area contributed by atoms with Crippen molar-refractivity contribution < 1.29 is 4.73 Å². The van der Waals surface area contributed by atoms with Crippen LogP contribution in [0.25, 0.3) is 22.0 Å². The SMILES string of the molecule is [O-][n+]1ccc2cc(-c3cc[nH]n3)ccc2c1. The third kappa shape index (κ3) is 1.40. The fraction of sp³-hybridized carbons (Fsp3) is 0. The van der Waals surface area contributed by atoms with Crippen molar-refractivity contribution >= 4 is 10.8 Å². The van der Waals surface area contributed by atoms with E-state index in [4.69, 9.17) is 0 Å². The first kappa shape index (κ1) is 8.91. The zero-order valence-electron chi connectivity index (χ0n) is 8.42. The molecule has 0 amide bonds. The van der Waals surface area contributed by atoms with Crippen molar-refractivity contribution in [2.24, 2.45) is 0 Å². The first-order valence-electron chi connectivity index (χ1n) is 4.96. The van der Waals surface area contributed by atoms with Gasteiger partial charge in [0.2, 0.25) is 0 Å². The van der Waals surface area contributed by atoms with E-state index in [2.05, 4.69) is 10.2 Å². The minimum Gasteiger partial charge on any atom is -0.619 e. The fourth-order valence-corrected chi connectivity index (χ4v) is 1.75. The van der Waals surface area contributed by atoms with Crippen molar-refractivity contribution in [2.45, 2.75) is 0 Å². The first-order chi connectivity index (χ1) is 7.83. The van der Waals surface area contributed by atoms with E-state index >= 15 is 0 Å². The van der Waals surface area contributed by atoms with Crippen LogP contribution in [0.4, 0.5) is 0 Å². The van der Waals surface area contributed by atoms with Crippen LogP contribution in [-0.2, 0) is 0 Å². The maximum absolute atomic E-state index is 11.1. The lowest BCUT2D eigenvalue weighted by Crippen LogP contribution is -2.23. The summed E-state index contributed by atoms with van der Waals surface area (Å²) in [6, 6.07) is 9.62. The molecule has 16 heavy (non-hydrogen) atoms. The summed E-state index contributed by atoms with van der Waals surface area (Å²) >= 11 is 0. The summed E-state index contributed by atoms with van der Waals surface area (Å²) in [5.41, 5.74) is 1.94. The lowest BCUT2D eigenvalue weighted by Gasteiger charge is -2.01. The molecule has 0 unspecified atom stereocenters. The van der Waals surface area contributed by atoms with Crippen LogP contribution in [-0.4, -0.2) is 10.2 Å². The lowest BCUT2D eigenvalue weighted by atomic mass is 10.1. The van der Waals surface area contributed by atoms with E-state index in [0.717, 1.165) is 26.8 Å². The van der Waals surface area contributed by atoms with Crippen LogP contribution < -0.4 is 4.73 Å². The zero-order chi connectivity index (χ0) is 11.0. The summed E-state index contributed by atoms with van der Waals surface area (Å²) in [4.78, 5) is 0. The van der Waals surface area contributed by atoms with E-state index in [1.54, 1.807) is 18.5 Å². The largest absolute Gasteiger partial charge is 0.619 e. The molecule has 2 aromatic heterocycles. The number of aromatic nitrogens is 3. The van der Waals surface area contributed by atoms with Gasteiger partial charge in [-0.05, 0) is 23.6 Å². The number of hydrogen-bond acceptors (Lipinski definition) is 2. The molecule has 0 aliphatic heterocycles. The van der Waals surface area contributed by atoms with Crippen LogP contribution in [0.5, 0.6) is 0 Å². The molecule has 0 aliphatic carbocycles. The van der Waals surface area contributed by atoms with Gasteiger partial charge < -0.3 is 5.21 Å². The van der Waals surface area contributed by atoms with Crippen LogP contribution in [0.3, 0.4) is 0 Å². The van der Waals surface area contributed by atoms with Crippen LogP contribution in [0, 0.1) is 5.21 Å². The molecule has 1 aromatic carbocycles. The number of nitrogens with zero attached hydrogens (tertiary/aromatic N) is 2. The molecule has 0 fully saturated rings. The molecule has 0 aliphatic rings. The van der Waals surface area contributed by atoms with Crippen molar-refractivity contribution in [1.29, 1.82) is 0 Å². The molecular weight excluding hydrogens is 202 g/mol. The Morgan fingerprint density at radius 2 is 2.06 bits per heavy atom. The van der Waals surface area contributed by atoms with Crippen LogP contribution >= 0.6 is 0 Å². The number of pyridine rings is 1. The number of rotatable bonds is 1. The second kappa shape index (κ2) is 3.34. The summed E-state index contributed by atoms with van der Waals surface area (Å²) in [6.45, 7) is 0. The highest BCUT2D eigenvalue weighted by Crippen LogP contribution is 2.21. The summed E-state index contributed by atoms with van der Waals surface area (Å²) in [6.07, 6.45) is 4.84. The molecule has 0 bridgehead atoms. The van der Waals surface area contributed by atoms with E-state index in [-0.39, 0.29) is 0 Å². The third-order valence-electron chi connectivity index (χ3n) is 2.55. The van der Waals surface area contributed by atoms with Gasteiger partial charge in [-0.3, -0.25) is 5.10 Å². The fourth-order valence-electron chi connectivity index (χ4n) is 1.75. The number of hydrogen-bond donors (Lipinski definition) is 1. The number of H-pyrrole nitrogens is 1. The van der Waals surface area contributed by atoms with E-state index in [1.807, 2.05) is 24.3 Å². The molecule has 0 spiro atoms. The quantitative estimate of drug-likeness (QED) is 0.493. The van der Waals surface area contributed by atoms with Crippen LogP contribution in [0.15, 0.2) is 48.9 Å². The Labute approximate surface area is 91.7 Å². The summed E-state index contributed by atoms with van der Waals surface area (Å²) in [5, 5.41) is 20.0. The highest BCUT2D eigenvalue weighted by molar-refractivity contribution is 5.85. The summed E-state index contributed by atoms with van der Waals surface area (Å²) < 4.78 is 0.802. The van der Waals surface area contributed by atoms with Gasteiger partial charge in [-0.2, -0.15) is 9.83 Å². The molecule has 3 rings (SSSR count). The standard InChI is InChI=1S/C12H9N3O/c16-15-6-4-9-7-10(1-2-11(9)8-15)12-3-5-13-14-12/h1-8H,(H,13,14). The molecule has 0 atom stereocenters. The van der Waals surface area contributed by atoms with E-state index in [1.165, 1.54) is 6.20 Å². The average molecular weight is 211 g/mol. The molecule has 0 saturated heterocycles. The molecule has 0 saturated carbocycles. The van der Waals surface area contributed by atoms with Gasteiger partial charge in [0.25, 0.3) is 0 Å². The van der Waals surface area contributed by atoms with Gasteiger partial charge in [0.15, 0.2) is 12.4 Å². The topological polar surface area (TPSA) is 55.6 Å². The molecular formula is C12H9N3O. The van der Waals surface area contributed by atoms with Crippen molar-refractivity contribution in [3.8, 4) is 11.3 Å². The average Bonchev–Trinajstić information content (AvgIpc) is 2.82. The Balaban J connectivity index is 2.20. The molecule has 1 N–H and O–H groups in total. The van der Waals surface area contributed by atoms with Gasteiger partial charge in [-0.15, -0.1) is 0 Å². The van der Waals surface area contributed by atoms with Crippen molar-refractivity contribution in [1.82, 2.24) is 10.2 Å². The minimum atomic E-state index is 0.802. The predicted molar refractivity (Wildman–Crippen MR) is 60.5 cm³/mol. The molecule has 0 radical (unpaired) electrons. The highest BCUT2D eigenvalue weighted by Gasteiger charge is 2.03. The van der Waals surface area contributed by atoms with E-state index < -0.39 is 0 Å². The highest BCUT2D eigenvalue weighted by atomic mass is 16.5.